The lowest BCUT2D eigenvalue weighted by atomic mass is 9.84. The van der Waals surface area contributed by atoms with Gasteiger partial charge in [-0.2, -0.15) is 0 Å². The maximum atomic E-state index is 12.0. The molecule has 0 aromatic heterocycles. The van der Waals surface area contributed by atoms with E-state index in [1.54, 1.807) is 18.2 Å². The van der Waals surface area contributed by atoms with Crippen molar-refractivity contribution >= 4 is 34.8 Å². The molecule has 2 aromatic rings. The summed E-state index contributed by atoms with van der Waals surface area (Å²) in [4.78, 5) is 12.0. The molecule has 0 aliphatic heterocycles. The van der Waals surface area contributed by atoms with E-state index >= 15 is 0 Å². The molecule has 0 bridgehead atoms. The Balaban J connectivity index is 1.51. The highest BCUT2D eigenvalue weighted by Gasteiger charge is 2.15. The van der Waals surface area contributed by atoms with Gasteiger partial charge in [-0.3, -0.25) is 4.79 Å². The monoisotopic (exact) mass is 377 g/mol. The van der Waals surface area contributed by atoms with Crippen molar-refractivity contribution < 1.29 is 9.53 Å². The first-order valence-corrected chi connectivity index (χ1v) is 9.34. The highest BCUT2D eigenvalue weighted by molar-refractivity contribution is 6.35. The van der Waals surface area contributed by atoms with Crippen LogP contribution < -0.4 is 10.1 Å². The molecule has 0 heterocycles. The lowest BCUT2D eigenvalue weighted by Crippen LogP contribution is -2.20. The number of halogens is 2. The number of carbonyl (C=O) groups is 1. The summed E-state index contributed by atoms with van der Waals surface area (Å²) in [5, 5.41) is 3.67. The lowest BCUT2D eigenvalue weighted by molar-refractivity contribution is -0.118. The van der Waals surface area contributed by atoms with E-state index in [1.165, 1.54) is 37.7 Å². The smallest absolute Gasteiger partial charge is 0.262 e. The van der Waals surface area contributed by atoms with Crippen LogP contribution in [0.3, 0.4) is 0 Å². The number of carbonyl (C=O) groups excluding carboxylic acids is 1. The van der Waals surface area contributed by atoms with Gasteiger partial charge in [0.2, 0.25) is 0 Å². The van der Waals surface area contributed by atoms with E-state index in [4.69, 9.17) is 27.9 Å². The summed E-state index contributed by atoms with van der Waals surface area (Å²) in [6, 6.07) is 13.0. The quantitative estimate of drug-likeness (QED) is 0.687. The van der Waals surface area contributed by atoms with Gasteiger partial charge < -0.3 is 10.1 Å². The van der Waals surface area contributed by atoms with E-state index in [2.05, 4.69) is 17.4 Å². The Bertz CT molecular complexity index is 705. The molecular formula is C20H21Cl2NO2. The van der Waals surface area contributed by atoms with Crippen molar-refractivity contribution in [3.05, 3.63) is 58.1 Å². The second-order valence-electron chi connectivity index (χ2n) is 6.40. The zero-order valence-electron chi connectivity index (χ0n) is 13.9. The Morgan fingerprint density at radius 3 is 2.28 bits per heavy atom. The van der Waals surface area contributed by atoms with Crippen LogP contribution in [-0.2, 0) is 4.79 Å². The van der Waals surface area contributed by atoms with Gasteiger partial charge in [0.25, 0.3) is 5.91 Å². The van der Waals surface area contributed by atoms with Crippen LogP contribution in [0.4, 0.5) is 5.69 Å². The van der Waals surface area contributed by atoms with Gasteiger partial charge in [-0.25, -0.2) is 0 Å². The van der Waals surface area contributed by atoms with Gasteiger partial charge in [0.05, 0.1) is 0 Å². The predicted octanol–water partition coefficient (Wildman–Crippen LogP) is 6.06. The van der Waals surface area contributed by atoms with E-state index in [0.29, 0.717) is 27.4 Å². The molecule has 0 saturated heterocycles. The number of rotatable bonds is 5. The summed E-state index contributed by atoms with van der Waals surface area (Å²) >= 11 is 11.8. The van der Waals surface area contributed by atoms with Gasteiger partial charge in [-0.1, -0.05) is 54.6 Å². The number of nitrogens with one attached hydrogen (secondary N) is 1. The molecule has 5 heteroatoms. The van der Waals surface area contributed by atoms with Gasteiger partial charge in [0.15, 0.2) is 6.61 Å². The average molecular weight is 378 g/mol. The maximum absolute atomic E-state index is 12.0. The molecule has 0 spiro atoms. The van der Waals surface area contributed by atoms with E-state index in [1.807, 2.05) is 12.1 Å². The van der Waals surface area contributed by atoms with E-state index < -0.39 is 0 Å². The van der Waals surface area contributed by atoms with Crippen molar-refractivity contribution in [1.29, 1.82) is 0 Å². The minimum atomic E-state index is -0.255. The molecular weight excluding hydrogens is 357 g/mol. The number of anilines is 1. The summed E-state index contributed by atoms with van der Waals surface area (Å²) in [5.41, 5.74) is 1.92. The number of hydrogen-bond acceptors (Lipinski definition) is 2. The van der Waals surface area contributed by atoms with Crippen LogP contribution >= 0.6 is 23.2 Å². The average Bonchev–Trinajstić information content (AvgIpc) is 2.60. The molecule has 3 nitrogen and oxygen atoms in total. The van der Waals surface area contributed by atoms with Crippen LogP contribution in [0.2, 0.25) is 10.0 Å². The van der Waals surface area contributed by atoms with Crippen molar-refractivity contribution in [3.63, 3.8) is 0 Å². The van der Waals surface area contributed by atoms with Gasteiger partial charge in [-0.05, 0) is 54.7 Å². The fourth-order valence-electron chi connectivity index (χ4n) is 3.24. The number of hydrogen-bond donors (Lipinski definition) is 1. The minimum absolute atomic E-state index is 0.0626. The zero-order chi connectivity index (χ0) is 17.6. The summed E-state index contributed by atoms with van der Waals surface area (Å²) in [5.74, 6) is 1.10. The molecule has 1 amide bonds. The van der Waals surface area contributed by atoms with E-state index in [-0.39, 0.29) is 12.5 Å². The van der Waals surface area contributed by atoms with Crippen LogP contribution in [0, 0.1) is 0 Å². The fraction of sp³-hybridized carbons (Fsp3) is 0.350. The largest absolute Gasteiger partial charge is 0.484 e. The van der Waals surface area contributed by atoms with Crippen molar-refractivity contribution in [2.75, 3.05) is 11.9 Å². The van der Waals surface area contributed by atoms with Crippen molar-refractivity contribution in [2.45, 2.75) is 38.0 Å². The van der Waals surface area contributed by atoms with Gasteiger partial charge in [0.1, 0.15) is 5.75 Å². The SMILES string of the molecule is O=C(COc1ccc(C2CCCCC2)cc1)Nc1cc(Cl)cc(Cl)c1. The molecule has 1 saturated carbocycles. The second kappa shape index (κ2) is 8.59. The van der Waals surface area contributed by atoms with E-state index in [9.17, 15) is 4.79 Å². The van der Waals surface area contributed by atoms with Crippen LogP contribution in [0.15, 0.2) is 42.5 Å². The number of amides is 1. The summed E-state index contributed by atoms with van der Waals surface area (Å²) in [6.07, 6.45) is 6.52. The first kappa shape index (κ1) is 18.1. The van der Waals surface area contributed by atoms with Crippen LogP contribution in [0.1, 0.15) is 43.6 Å². The van der Waals surface area contributed by atoms with Crippen LogP contribution in [0.5, 0.6) is 5.75 Å². The van der Waals surface area contributed by atoms with Gasteiger partial charge in [-0.15, -0.1) is 0 Å². The highest BCUT2D eigenvalue weighted by atomic mass is 35.5. The molecule has 3 rings (SSSR count). The molecule has 0 unspecified atom stereocenters. The highest BCUT2D eigenvalue weighted by Crippen LogP contribution is 2.33. The minimum Gasteiger partial charge on any atom is -0.484 e. The predicted molar refractivity (Wildman–Crippen MR) is 103 cm³/mol. The lowest BCUT2D eigenvalue weighted by Gasteiger charge is -2.22. The Labute approximate surface area is 158 Å². The Morgan fingerprint density at radius 2 is 1.64 bits per heavy atom. The summed E-state index contributed by atoms with van der Waals surface area (Å²) in [6.45, 7) is -0.0626. The Morgan fingerprint density at radius 1 is 1.00 bits per heavy atom. The number of ether oxygens (including phenoxy) is 1. The molecule has 1 fully saturated rings. The Kier molecular flexibility index (Phi) is 6.22. The van der Waals surface area contributed by atoms with Crippen molar-refractivity contribution in [2.24, 2.45) is 0 Å². The molecule has 1 aliphatic carbocycles. The topological polar surface area (TPSA) is 38.3 Å². The Hall–Kier alpha value is -1.71. The fourth-order valence-corrected chi connectivity index (χ4v) is 3.77. The molecule has 0 atom stereocenters. The second-order valence-corrected chi connectivity index (χ2v) is 7.27. The molecule has 1 N–H and O–H groups in total. The normalized spacial score (nSPS) is 15.0. The number of benzene rings is 2. The van der Waals surface area contributed by atoms with Crippen molar-refractivity contribution in [1.82, 2.24) is 0 Å². The third-order valence-electron chi connectivity index (χ3n) is 4.47. The maximum Gasteiger partial charge on any atom is 0.262 e. The zero-order valence-corrected chi connectivity index (χ0v) is 15.4. The molecule has 132 valence electrons. The molecule has 2 aromatic carbocycles. The first-order chi connectivity index (χ1) is 12.1. The molecule has 25 heavy (non-hydrogen) atoms. The third-order valence-corrected chi connectivity index (χ3v) is 4.91. The van der Waals surface area contributed by atoms with Crippen molar-refractivity contribution in [3.8, 4) is 5.75 Å². The van der Waals surface area contributed by atoms with Crippen LogP contribution in [0.25, 0.3) is 0 Å². The first-order valence-electron chi connectivity index (χ1n) is 8.59. The van der Waals surface area contributed by atoms with Crippen LogP contribution in [-0.4, -0.2) is 12.5 Å². The van der Waals surface area contributed by atoms with Gasteiger partial charge in [0, 0.05) is 15.7 Å². The third kappa shape index (κ3) is 5.38. The van der Waals surface area contributed by atoms with E-state index in [0.717, 1.165) is 0 Å². The summed E-state index contributed by atoms with van der Waals surface area (Å²) < 4.78 is 5.56. The standard InChI is InChI=1S/C20H21Cl2NO2/c21-16-10-17(22)12-18(11-16)23-20(24)13-25-19-8-6-15(7-9-19)14-4-2-1-3-5-14/h6-12,14H,1-5,13H2,(H,23,24). The molecule has 1 aliphatic rings. The summed E-state index contributed by atoms with van der Waals surface area (Å²) in [7, 11) is 0. The van der Waals surface area contributed by atoms with Gasteiger partial charge >= 0.3 is 0 Å². The molecule has 0 radical (unpaired) electrons.